The van der Waals surface area contributed by atoms with Crippen molar-refractivity contribution in [1.29, 1.82) is 0 Å². The van der Waals surface area contributed by atoms with Crippen molar-refractivity contribution >= 4 is 17.7 Å². The van der Waals surface area contributed by atoms with Gasteiger partial charge in [0, 0.05) is 4.90 Å². The Hall–Kier alpha value is -2.21. The molecule has 4 nitrogen and oxygen atoms in total. The number of carbonyl (C=O) groups excluding carboxylic acids is 1. The van der Waals surface area contributed by atoms with Crippen molar-refractivity contribution in [3.63, 3.8) is 0 Å². The molecule has 2 aromatic rings. The summed E-state index contributed by atoms with van der Waals surface area (Å²) < 4.78 is 24.1. The predicted octanol–water partition coefficient (Wildman–Crippen LogP) is 3.12. The van der Waals surface area contributed by atoms with Crippen LogP contribution in [0.4, 0.5) is 4.39 Å². The molecule has 0 aliphatic rings. The summed E-state index contributed by atoms with van der Waals surface area (Å²) in [6, 6.07) is 13.7. The van der Waals surface area contributed by atoms with Crippen molar-refractivity contribution in [3.05, 3.63) is 54.3 Å². The third kappa shape index (κ3) is 5.49. The number of benzene rings is 2. The van der Waals surface area contributed by atoms with Gasteiger partial charge in [0.15, 0.2) is 11.5 Å². The standard InChI is InChI=1S/C17H18FNO3S/c1-21-14-7-3-4-8-15(14)22-11-10-19-17(20)12-23-16-9-5-2-6-13(16)18/h2-9H,10-12H2,1H3,(H,19,20). The van der Waals surface area contributed by atoms with Crippen LogP contribution in [0.15, 0.2) is 53.4 Å². The predicted molar refractivity (Wildman–Crippen MR) is 88.6 cm³/mol. The zero-order valence-corrected chi connectivity index (χ0v) is 13.6. The Morgan fingerprint density at radius 2 is 1.83 bits per heavy atom. The average Bonchev–Trinajstić information content (AvgIpc) is 2.58. The van der Waals surface area contributed by atoms with Crippen LogP contribution in [-0.4, -0.2) is 31.9 Å². The molecular weight excluding hydrogens is 317 g/mol. The zero-order chi connectivity index (χ0) is 16.5. The smallest absolute Gasteiger partial charge is 0.230 e. The summed E-state index contributed by atoms with van der Waals surface area (Å²) in [7, 11) is 1.57. The van der Waals surface area contributed by atoms with Gasteiger partial charge in [-0.25, -0.2) is 4.39 Å². The minimum Gasteiger partial charge on any atom is -0.493 e. The second-order valence-electron chi connectivity index (χ2n) is 4.57. The number of hydrogen-bond donors (Lipinski definition) is 1. The van der Waals surface area contributed by atoms with Gasteiger partial charge < -0.3 is 14.8 Å². The Morgan fingerprint density at radius 1 is 1.13 bits per heavy atom. The van der Waals surface area contributed by atoms with Crippen molar-refractivity contribution in [2.45, 2.75) is 4.90 Å². The van der Waals surface area contributed by atoms with E-state index >= 15 is 0 Å². The molecule has 2 rings (SSSR count). The van der Waals surface area contributed by atoms with Gasteiger partial charge in [0.2, 0.25) is 5.91 Å². The molecule has 1 amide bonds. The van der Waals surface area contributed by atoms with Crippen LogP contribution >= 0.6 is 11.8 Å². The summed E-state index contributed by atoms with van der Waals surface area (Å²) in [4.78, 5) is 12.2. The van der Waals surface area contributed by atoms with E-state index in [1.807, 2.05) is 12.1 Å². The lowest BCUT2D eigenvalue weighted by molar-refractivity contribution is -0.118. The van der Waals surface area contributed by atoms with E-state index in [4.69, 9.17) is 9.47 Å². The molecule has 0 aliphatic carbocycles. The first-order valence-corrected chi connectivity index (χ1v) is 8.09. The molecule has 0 aliphatic heterocycles. The number of nitrogens with one attached hydrogen (secondary N) is 1. The normalized spacial score (nSPS) is 10.2. The van der Waals surface area contributed by atoms with Gasteiger partial charge in [-0.2, -0.15) is 0 Å². The van der Waals surface area contributed by atoms with Crippen LogP contribution in [0, 0.1) is 5.82 Å². The van der Waals surface area contributed by atoms with Crippen LogP contribution in [0.3, 0.4) is 0 Å². The Labute approximate surface area is 139 Å². The molecule has 0 heterocycles. The highest BCUT2D eigenvalue weighted by molar-refractivity contribution is 8.00. The van der Waals surface area contributed by atoms with E-state index in [1.165, 1.54) is 17.8 Å². The molecule has 0 saturated carbocycles. The largest absolute Gasteiger partial charge is 0.493 e. The fourth-order valence-electron chi connectivity index (χ4n) is 1.85. The third-order valence-electron chi connectivity index (χ3n) is 2.95. The molecule has 6 heteroatoms. The van der Waals surface area contributed by atoms with Crippen molar-refractivity contribution < 1.29 is 18.7 Å². The maximum Gasteiger partial charge on any atom is 0.230 e. The molecule has 0 bridgehead atoms. The van der Waals surface area contributed by atoms with Crippen LogP contribution in [-0.2, 0) is 4.79 Å². The monoisotopic (exact) mass is 335 g/mol. The summed E-state index contributed by atoms with van der Waals surface area (Å²) >= 11 is 1.17. The second kappa shape index (κ2) is 9.05. The lowest BCUT2D eigenvalue weighted by atomic mass is 10.3. The minimum atomic E-state index is -0.315. The van der Waals surface area contributed by atoms with Gasteiger partial charge in [-0.3, -0.25) is 4.79 Å². The van der Waals surface area contributed by atoms with Crippen LogP contribution in [0.5, 0.6) is 11.5 Å². The van der Waals surface area contributed by atoms with E-state index in [9.17, 15) is 9.18 Å². The maximum atomic E-state index is 13.4. The third-order valence-corrected chi connectivity index (χ3v) is 3.99. The van der Waals surface area contributed by atoms with E-state index < -0.39 is 0 Å². The number of carbonyl (C=O) groups is 1. The molecule has 23 heavy (non-hydrogen) atoms. The van der Waals surface area contributed by atoms with Crippen LogP contribution in [0.1, 0.15) is 0 Å². The van der Waals surface area contributed by atoms with E-state index in [-0.39, 0.29) is 17.5 Å². The Bertz CT molecular complexity index is 651. The van der Waals surface area contributed by atoms with E-state index in [2.05, 4.69) is 5.32 Å². The fraction of sp³-hybridized carbons (Fsp3) is 0.235. The van der Waals surface area contributed by atoms with Crippen molar-refractivity contribution in [3.8, 4) is 11.5 Å². The number of para-hydroxylation sites is 2. The molecule has 0 spiro atoms. The molecule has 0 radical (unpaired) electrons. The Kier molecular flexibility index (Phi) is 6.75. The maximum absolute atomic E-state index is 13.4. The van der Waals surface area contributed by atoms with Crippen LogP contribution in [0.25, 0.3) is 0 Å². The summed E-state index contributed by atoms with van der Waals surface area (Å²) in [5.41, 5.74) is 0. The van der Waals surface area contributed by atoms with Crippen LogP contribution < -0.4 is 14.8 Å². The lowest BCUT2D eigenvalue weighted by Crippen LogP contribution is -2.29. The second-order valence-corrected chi connectivity index (χ2v) is 5.59. The number of amides is 1. The van der Waals surface area contributed by atoms with Gasteiger partial charge in [-0.05, 0) is 24.3 Å². The molecule has 2 aromatic carbocycles. The van der Waals surface area contributed by atoms with Gasteiger partial charge in [-0.1, -0.05) is 24.3 Å². The van der Waals surface area contributed by atoms with E-state index in [0.717, 1.165) is 0 Å². The summed E-state index contributed by atoms with van der Waals surface area (Å²) in [5, 5.41) is 2.73. The van der Waals surface area contributed by atoms with Gasteiger partial charge in [0.25, 0.3) is 0 Å². The van der Waals surface area contributed by atoms with Crippen molar-refractivity contribution in [2.75, 3.05) is 26.0 Å². The minimum absolute atomic E-state index is 0.162. The van der Waals surface area contributed by atoms with Crippen molar-refractivity contribution in [1.82, 2.24) is 5.32 Å². The first-order chi connectivity index (χ1) is 11.2. The SMILES string of the molecule is COc1ccccc1OCCNC(=O)CSc1ccccc1F. The number of halogens is 1. The number of hydrogen-bond acceptors (Lipinski definition) is 4. The van der Waals surface area contributed by atoms with Gasteiger partial charge in [-0.15, -0.1) is 11.8 Å². The van der Waals surface area contributed by atoms with Crippen molar-refractivity contribution in [2.24, 2.45) is 0 Å². The van der Waals surface area contributed by atoms with Gasteiger partial charge in [0.1, 0.15) is 12.4 Å². The Morgan fingerprint density at radius 3 is 2.57 bits per heavy atom. The van der Waals surface area contributed by atoms with Gasteiger partial charge in [0.05, 0.1) is 19.4 Å². The topological polar surface area (TPSA) is 47.6 Å². The molecule has 0 unspecified atom stereocenters. The molecule has 0 fully saturated rings. The first kappa shape index (κ1) is 17.1. The van der Waals surface area contributed by atoms with Gasteiger partial charge >= 0.3 is 0 Å². The molecule has 0 atom stereocenters. The molecule has 0 saturated heterocycles. The number of ether oxygens (including phenoxy) is 2. The number of thioether (sulfide) groups is 1. The van der Waals surface area contributed by atoms with E-state index in [0.29, 0.717) is 29.5 Å². The highest BCUT2D eigenvalue weighted by Crippen LogP contribution is 2.25. The summed E-state index contributed by atoms with van der Waals surface area (Å²) in [5.74, 6) is 0.959. The first-order valence-electron chi connectivity index (χ1n) is 7.10. The zero-order valence-electron chi connectivity index (χ0n) is 12.8. The molecule has 122 valence electrons. The highest BCUT2D eigenvalue weighted by Gasteiger charge is 2.06. The molecular formula is C17H18FNO3S. The number of methoxy groups -OCH3 is 1. The summed E-state index contributed by atoms with van der Waals surface area (Å²) in [6.45, 7) is 0.700. The average molecular weight is 335 g/mol. The quantitative estimate of drug-likeness (QED) is 0.595. The fourth-order valence-corrected chi connectivity index (χ4v) is 2.61. The molecule has 1 N–H and O–H groups in total. The lowest BCUT2D eigenvalue weighted by Gasteiger charge is -2.10. The Balaban J connectivity index is 1.68. The van der Waals surface area contributed by atoms with E-state index in [1.54, 1.807) is 37.4 Å². The molecule has 0 aromatic heterocycles. The number of rotatable bonds is 8. The summed E-state index contributed by atoms with van der Waals surface area (Å²) in [6.07, 6.45) is 0. The highest BCUT2D eigenvalue weighted by atomic mass is 32.2. The van der Waals surface area contributed by atoms with Crippen LogP contribution in [0.2, 0.25) is 0 Å².